The fourth-order valence-electron chi connectivity index (χ4n) is 2.63. The lowest BCUT2D eigenvalue weighted by atomic mass is 9.91. The van der Waals surface area contributed by atoms with Crippen molar-refractivity contribution in [1.29, 1.82) is 0 Å². The van der Waals surface area contributed by atoms with E-state index in [9.17, 15) is 0 Å². The number of aryl methyl sites for hydroxylation is 2. The van der Waals surface area contributed by atoms with Crippen LogP contribution in [0.4, 0.5) is 0 Å². The van der Waals surface area contributed by atoms with Gasteiger partial charge in [-0.05, 0) is 30.9 Å². The SMILES string of the molecule is CCc1ncc(CNC2CCCc3ncccc32)o1. The third-order valence-electron chi connectivity index (χ3n) is 3.63. The molecule has 3 rings (SSSR count). The summed E-state index contributed by atoms with van der Waals surface area (Å²) in [6, 6.07) is 4.58. The van der Waals surface area contributed by atoms with Gasteiger partial charge < -0.3 is 9.73 Å². The summed E-state index contributed by atoms with van der Waals surface area (Å²) >= 11 is 0. The van der Waals surface area contributed by atoms with Crippen LogP contribution in [0.3, 0.4) is 0 Å². The number of aromatic nitrogens is 2. The molecule has 0 spiro atoms. The second-order valence-electron chi connectivity index (χ2n) is 4.94. The largest absolute Gasteiger partial charge is 0.444 e. The first-order chi connectivity index (χ1) is 9.36. The van der Waals surface area contributed by atoms with Crippen LogP contribution in [0.25, 0.3) is 0 Å². The minimum absolute atomic E-state index is 0.382. The van der Waals surface area contributed by atoms with Gasteiger partial charge in [0.05, 0.1) is 12.7 Å². The van der Waals surface area contributed by atoms with Crippen molar-refractivity contribution in [2.24, 2.45) is 0 Å². The van der Waals surface area contributed by atoms with Gasteiger partial charge in [-0.25, -0.2) is 4.98 Å². The summed E-state index contributed by atoms with van der Waals surface area (Å²) in [4.78, 5) is 8.69. The molecule has 0 aliphatic heterocycles. The number of nitrogens with one attached hydrogen (secondary N) is 1. The van der Waals surface area contributed by atoms with Gasteiger partial charge in [-0.2, -0.15) is 0 Å². The Morgan fingerprint density at radius 2 is 2.37 bits per heavy atom. The Hall–Kier alpha value is -1.68. The highest BCUT2D eigenvalue weighted by Crippen LogP contribution is 2.28. The maximum absolute atomic E-state index is 5.62. The zero-order valence-corrected chi connectivity index (χ0v) is 11.2. The Bertz CT molecular complexity index is 550. The lowest BCUT2D eigenvalue weighted by Crippen LogP contribution is -2.25. The van der Waals surface area contributed by atoms with Gasteiger partial charge >= 0.3 is 0 Å². The van der Waals surface area contributed by atoms with Crippen LogP contribution >= 0.6 is 0 Å². The van der Waals surface area contributed by atoms with Crippen LogP contribution in [0.15, 0.2) is 28.9 Å². The predicted octanol–water partition coefficient (Wildman–Crippen LogP) is 2.80. The van der Waals surface area contributed by atoms with E-state index in [1.807, 2.05) is 25.4 Å². The van der Waals surface area contributed by atoms with Gasteiger partial charge in [-0.3, -0.25) is 4.98 Å². The lowest BCUT2D eigenvalue weighted by Gasteiger charge is -2.25. The maximum atomic E-state index is 5.62. The van der Waals surface area contributed by atoms with Crippen molar-refractivity contribution in [3.63, 3.8) is 0 Å². The number of hydrogen-bond donors (Lipinski definition) is 1. The van der Waals surface area contributed by atoms with Crippen molar-refractivity contribution in [3.05, 3.63) is 47.4 Å². The molecule has 0 aromatic carbocycles. The topological polar surface area (TPSA) is 51.0 Å². The molecule has 1 atom stereocenters. The summed E-state index contributed by atoms with van der Waals surface area (Å²) in [6.07, 6.45) is 7.99. The third-order valence-corrected chi connectivity index (χ3v) is 3.63. The minimum atomic E-state index is 0.382. The number of fused-ring (bicyclic) bond motifs is 1. The van der Waals surface area contributed by atoms with E-state index in [1.165, 1.54) is 17.7 Å². The summed E-state index contributed by atoms with van der Waals surface area (Å²) in [5.41, 5.74) is 2.57. The number of pyridine rings is 1. The molecule has 0 fully saturated rings. The summed E-state index contributed by atoms with van der Waals surface area (Å²) in [6.45, 7) is 2.78. The highest BCUT2D eigenvalue weighted by atomic mass is 16.4. The van der Waals surface area contributed by atoms with Crippen LogP contribution in [0.2, 0.25) is 0 Å². The van der Waals surface area contributed by atoms with E-state index in [2.05, 4.69) is 21.4 Å². The first-order valence-corrected chi connectivity index (χ1v) is 6.97. The molecule has 1 unspecified atom stereocenters. The Balaban J connectivity index is 1.68. The van der Waals surface area contributed by atoms with Crippen LogP contribution in [0, 0.1) is 0 Å². The molecule has 0 saturated heterocycles. The molecule has 2 aromatic heterocycles. The maximum Gasteiger partial charge on any atom is 0.194 e. The molecule has 1 N–H and O–H groups in total. The highest BCUT2D eigenvalue weighted by Gasteiger charge is 2.20. The van der Waals surface area contributed by atoms with Gasteiger partial charge in [-0.1, -0.05) is 13.0 Å². The Kier molecular flexibility index (Phi) is 3.60. The van der Waals surface area contributed by atoms with Gasteiger partial charge in [0.15, 0.2) is 5.89 Å². The van der Waals surface area contributed by atoms with Crippen molar-refractivity contribution in [2.75, 3.05) is 0 Å². The third kappa shape index (κ3) is 2.68. The van der Waals surface area contributed by atoms with Crippen molar-refractivity contribution in [3.8, 4) is 0 Å². The average Bonchev–Trinajstić information content (AvgIpc) is 2.93. The Morgan fingerprint density at radius 3 is 3.21 bits per heavy atom. The normalized spacial score (nSPS) is 18.3. The van der Waals surface area contributed by atoms with E-state index in [4.69, 9.17) is 4.42 Å². The molecule has 1 aliphatic carbocycles. The second kappa shape index (κ2) is 5.53. The number of rotatable bonds is 4. The molecule has 0 bridgehead atoms. The molecule has 2 heterocycles. The van der Waals surface area contributed by atoms with Crippen molar-refractivity contribution in [2.45, 2.75) is 45.2 Å². The molecule has 19 heavy (non-hydrogen) atoms. The second-order valence-corrected chi connectivity index (χ2v) is 4.94. The first-order valence-electron chi connectivity index (χ1n) is 6.97. The first kappa shape index (κ1) is 12.4. The molecule has 0 saturated carbocycles. The van der Waals surface area contributed by atoms with Crippen molar-refractivity contribution >= 4 is 0 Å². The Morgan fingerprint density at radius 1 is 1.42 bits per heavy atom. The van der Waals surface area contributed by atoms with E-state index in [1.54, 1.807) is 0 Å². The van der Waals surface area contributed by atoms with Gasteiger partial charge in [0, 0.05) is 24.4 Å². The summed E-state index contributed by atoms with van der Waals surface area (Å²) in [5, 5.41) is 3.56. The van der Waals surface area contributed by atoms with Crippen LogP contribution in [0.1, 0.15) is 48.7 Å². The average molecular weight is 257 g/mol. The molecule has 0 radical (unpaired) electrons. The fourth-order valence-corrected chi connectivity index (χ4v) is 2.63. The number of oxazole rings is 1. The number of nitrogens with zero attached hydrogens (tertiary/aromatic N) is 2. The standard InChI is InChI=1S/C15H19N3O/c1-2-15-18-10-11(19-15)9-17-14-7-3-6-13-12(14)5-4-8-16-13/h4-5,8,10,14,17H,2-3,6-7,9H2,1H3. The van der Waals surface area contributed by atoms with Crippen LogP contribution in [-0.4, -0.2) is 9.97 Å². The molecule has 100 valence electrons. The molecule has 2 aromatic rings. The van der Waals surface area contributed by atoms with Crippen molar-refractivity contribution < 1.29 is 4.42 Å². The van der Waals surface area contributed by atoms with Gasteiger partial charge in [0.2, 0.25) is 0 Å². The fraction of sp³-hybridized carbons (Fsp3) is 0.467. The summed E-state index contributed by atoms with van der Waals surface area (Å²) < 4.78 is 5.62. The zero-order valence-electron chi connectivity index (χ0n) is 11.2. The molecular formula is C15H19N3O. The lowest BCUT2D eigenvalue weighted by molar-refractivity contribution is 0.400. The van der Waals surface area contributed by atoms with Crippen LogP contribution < -0.4 is 5.32 Å². The number of hydrogen-bond acceptors (Lipinski definition) is 4. The van der Waals surface area contributed by atoms with E-state index in [0.717, 1.165) is 37.5 Å². The Labute approximate surface area is 113 Å². The summed E-state index contributed by atoms with van der Waals surface area (Å²) in [7, 11) is 0. The monoisotopic (exact) mass is 257 g/mol. The van der Waals surface area contributed by atoms with Crippen molar-refractivity contribution in [1.82, 2.24) is 15.3 Å². The van der Waals surface area contributed by atoms with E-state index in [-0.39, 0.29) is 0 Å². The molecular weight excluding hydrogens is 238 g/mol. The zero-order chi connectivity index (χ0) is 13.1. The van der Waals surface area contributed by atoms with Gasteiger partial charge in [0.25, 0.3) is 0 Å². The van der Waals surface area contributed by atoms with E-state index < -0.39 is 0 Å². The van der Waals surface area contributed by atoms with E-state index in [0.29, 0.717) is 6.04 Å². The van der Waals surface area contributed by atoms with E-state index >= 15 is 0 Å². The molecule has 0 amide bonds. The minimum Gasteiger partial charge on any atom is -0.444 e. The molecule has 4 heteroatoms. The quantitative estimate of drug-likeness (QED) is 0.915. The predicted molar refractivity (Wildman–Crippen MR) is 72.6 cm³/mol. The van der Waals surface area contributed by atoms with Gasteiger partial charge in [-0.15, -0.1) is 0 Å². The molecule has 1 aliphatic rings. The highest BCUT2D eigenvalue weighted by molar-refractivity contribution is 5.26. The smallest absolute Gasteiger partial charge is 0.194 e. The van der Waals surface area contributed by atoms with Crippen LogP contribution in [-0.2, 0) is 19.4 Å². The summed E-state index contributed by atoms with van der Waals surface area (Å²) in [5.74, 6) is 1.72. The van der Waals surface area contributed by atoms with Gasteiger partial charge in [0.1, 0.15) is 5.76 Å². The van der Waals surface area contributed by atoms with Crippen LogP contribution in [0.5, 0.6) is 0 Å². The molecule has 4 nitrogen and oxygen atoms in total.